The zero-order valence-corrected chi connectivity index (χ0v) is 25.7. The van der Waals surface area contributed by atoms with Crippen LogP contribution in [-0.2, 0) is 9.53 Å². The Morgan fingerprint density at radius 1 is 1.07 bits per heavy atom. The zero-order chi connectivity index (χ0) is 31.5. The van der Waals surface area contributed by atoms with Crippen LogP contribution in [-0.4, -0.2) is 36.3 Å². The number of fused-ring (bicyclic) bond motifs is 1. The smallest absolute Gasteiger partial charge is 0.338 e. The third kappa shape index (κ3) is 5.66. The molecule has 4 aromatic rings. The van der Waals surface area contributed by atoms with Crippen molar-refractivity contribution in [3.63, 3.8) is 0 Å². The van der Waals surface area contributed by atoms with Gasteiger partial charge in [-0.25, -0.2) is 9.79 Å². The Kier molecular flexibility index (Phi) is 8.77. The lowest BCUT2D eigenvalue weighted by Crippen LogP contribution is -2.40. The maximum absolute atomic E-state index is 14.2. The quantitative estimate of drug-likeness (QED) is 0.148. The summed E-state index contributed by atoms with van der Waals surface area (Å²) in [7, 11) is 2.81. The second-order valence-electron chi connectivity index (χ2n) is 10.3. The Labute approximate surface area is 257 Å². The van der Waals surface area contributed by atoms with Crippen molar-refractivity contribution in [1.82, 2.24) is 4.57 Å². The number of aromatic nitrogens is 1. The lowest BCUT2D eigenvalue weighted by atomic mass is 9.91. The van der Waals surface area contributed by atoms with E-state index in [0.29, 0.717) is 21.6 Å². The van der Waals surface area contributed by atoms with Gasteiger partial charge >= 0.3 is 5.97 Å². The van der Waals surface area contributed by atoms with E-state index in [0.717, 1.165) is 16.9 Å². The standard InChI is InChI=1S/C33H31N3O7S/c1-6-43-32(38)28-29(21-10-8-7-9-11-21)34-33-35(30(28)22-14-12-20(13-15-22)19(2)3)31(37)27(44-33)17-23-16-25(41-4)26(42-5)18-24(23)36(39)40/h7-19,30H,6H2,1-5H3/b27-17-/t30-/m1/s1. The minimum Gasteiger partial charge on any atom is -0.493 e. The van der Waals surface area contributed by atoms with Gasteiger partial charge in [-0.05, 0) is 36.1 Å². The summed E-state index contributed by atoms with van der Waals surface area (Å²) >= 11 is 1.08. The highest BCUT2D eigenvalue weighted by atomic mass is 32.1. The molecule has 0 radical (unpaired) electrons. The summed E-state index contributed by atoms with van der Waals surface area (Å²) in [6.45, 7) is 6.03. The van der Waals surface area contributed by atoms with Crippen LogP contribution in [0, 0.1) is 10.1 Å². The average Bonchev–Trinajstić information content (AvgIpc) is 3.34. The first-order valence-electron chi connectivity index (χ1n) is 14.0. The molecular weight excluding hydrogens is 582 g/mol. The number of carbonyl (C=O) groups is 1. The summed E-state index contributed by atoms with van der Waals surface area (Å²) in [5, 5.41) is 12.0. The number of nitrogens with zero attached hydrogens (tertiary/aromatic N) is 3. The molecule has 44 heavy (non-hydrogen) atoms. The molecule has 5 rings (SSSR count). The molecule has 1 aromatic heterocycles. The molecule has 0 bridgehead atoms. The van der Waals surface area contributed by atoms with Gasteiger partial charge in [-0.1, -0.05) is 79.8 Å². The van der Waals surface area contributed by atoms with E-state index in [4.69, 9.17) is 19.2 Å². The van der Waals surface area contributed by atoms with Gasteiger partial charge in [0.15, 0.2) is 16.3 Å². The molecule has 10 nitrogen and oxygen atoms in total. The van der Waals surface area contributed by atoms with E-state index in [-0.39, 0.29) is 45.4 Å². The van der Waals surface area contributed by atoms with E-state index in [1.54, 1.807) is 6.92 Å². The van der Waals surface area contributed by atoms with Crippen molar-refractivity contribution in [2.75, 3.05) is 20.8 Å². The number of hydrogen-bond donors (Lipinski definition) is 0. The van der Waals surface area contributed by atoms with Gasteiger partial charge in [0.25, 0.3) is 11.2 Å². The molecule has 226 valence electrons. The Morgan fingerprint density at radius 3 is 2.32 bits per heavy atom. The molecule has 3 aromatic carbocycles. The molecule has 1 aliphatic heterocycles. The molecule has 2 heterocycles. The second kappa shape index (κ2) is 12.7. The van der Waals surface area contributed by atoms with Crippen molar-refractivity contribution < 1.29 is 23.9 Å². The summed E-state index contributed by atoms with van der Waals surface area (Å²) < 4.78 is 17.8. The van der Waals surface area contributed by atoms with Crippen molar-refractivity contribution in [3.05, 3.63) is 124 Å². The number of carbonyl (C=O) groups excluding carboxylic acids is 1. The third-order valence-electron chi connectivity index (χ3n) is 7.31. The number of thiazole rings is 1. The van der Waals surface area contributed by atoms with Crippen molar-refractivity contribution in [3.8, 4) is 11.5 Å². The van der Waals surface area contributed by atoms with Crippen LogP contribution < -0.4 is 24.4 Å². The van der Waals surface area contributed by atoms with Crippen LogP contribution in [0.15, 0.2) is 82.1 Å². The van der Waals surface area contributed by atoms with Crippen LogP contribution >= 0.6 is 11.3 Å². The van der Waals surface area contributed by atoms with Crippen LogP contribution in [0.1, 0.15) is 55.0 Å². The number of nitro groups is 1. The summed E-state index contributed by atoms with van der Waals surface area (Å²) in [5.41, 5.74) is 2.56. The van der Waals surface area contributed by atoms with Gasteiger partial charge < -0.3 is 14.2 Å². The monoisotopic (exact) mass is 613 g/mol. The summed E-state index contributed by atoms with van der Waals surface area (Å²) in [6, 6.07) is 18.9. The van der Waals surface area contributed by atoms with Gasteiger partial charge in [-0.15, -0.1) is 0 Å². The third-order valence-corrected chi connectivity index (χ3v) is 8.29. The van der Waals surface area contributed by atoms with Crippen molar-refractivity contribution in [1.29, 1.82) is 0 Å². The van der Waals surface area contributed by atoms with Crippen molar-refractivity contribution in [2.24, 2.45) is 4.99 Å². The summed E-state index contributed by atoms with van der Waals surface area (Å²) in [4.78, 5) is 44.4. The van der Waals surface area contributed by atoms with Gasteiger partial charge in [-0.2, -0.15) is 0 Å². The fourth-order valence-electron chi connectivity index (χ4n) is 5.12. The predicted molar refractivity (Wildman–Crippen MR) is 168 cm³/mol. The maximum atomic E-state index is 14.2. The van der Waals surface area contributed by atoms with Gasteiger partial charge in [0.1, 0.15) is 0 Å². The molecule has 0 N–H and O–H groups in total. The van der Waals surface area contributed by atoms with Crippen molar-refractivity contribution in [2.45, 2.75) is 32.7 Å². The van der Waals surface area contributed by atoms with Gasteiger partial charge in [-0.3, -0.25) is 19.5 Å². The van der Waals surface area contributed by atoms with Crippen LogP contribution in [0.25, 0.3) is 11.8 Å². The van der Waals surface area contributed by atoms with Gasteiger partial charge in [0.05, 0.1) is 59.2 Å². The zero-order valence-electron chi connectivity index (χ0n) is 24.9. The second-order valence-corrected chi connectivity index (χ2v) is 11.3. The minimum absolute atomic E-state index is 0.136. The Balaban J connectivity index is 1.83. The first-order valence-corrected chi connectivity index (χ1v) is 14.8. The molecule has 0 spiro atoms. The fourth-order valence-corrected chi connectivity index (χ4v) is 6.11. The maximum Gasteiger partial charge on any atom is 0.338 e. The number of esters is 1. The molecule has 1 atom stereocenters. The first-order chi connectivity index (χ1) is 21.2. The largest absolute Gasteiger partial charge is 0.493 e. The first kappa shape index (κ1) is 30.4. The highest BCUT2D eigenvalue weighted by molar-refractivity contribution is 7.07. The molecule has 0 saturated heterocycles. The highest BCUT2D eigenvalue weighted by Crippen LogP contribution is 2.37. The van der Waals surface area contributed by atoms with Crippen LogP contribution in [0.3, 0.4) is 0 Å². The molecule has 0 amide bonds. The molecule has 11 heteroatoms. The SMILES string of the molecule is CCOC(=O)C1=C(c2ccccc2)N=c2s/c(=C\c3cc(OC)c(OC)cc3[N+](=O)[O-])c(=O)n2[C@@H]1c1ccc(C(C)C)cc1. The van der Waals surface area contributed by atoms with Crippen LogP contribution in [0.5, 0.6) is 11.5 Å². The van der Waals surface area contributed by atoms with E-state index in [1.807, 2.05) is 54.6 Å². The van der Waals surface area contributed by atoms with E-state index in [2.05, 4.69) is 13.8 Å². The molecule has 1 aliphatic rings. The normalized spacial score (nSPS) is 14.7. The van der Waals surface area contributed by atoms with E-state index in [9.17, 15) is 19.7 Å². The van der Waals surface area contributed by atoms with Gasteiger partial charge in [0.2, 0.25) is 0 Å². The fraction of sp³-hybridized carbons (Fsp3) is 0.242. The number of rotatable bonds is 9. The van der Waals surface area contributed by atoms with Gasteiger partial charge in [0, 0.05) is 5.56 Å². The lowest BCUT2D eigenvalue weighted by Gasteiger charge is -2.26. The number of ether oxygens (including phenoxy) is 3. The van der Waals surface area contributed by atoms with E-state index < -0.39 is 22.5 Å². The molecule has 0 unspecified atom stereocenters. The van der Waals surface area contributed by atoms with Crippen molar-refractivity contribution >= 4 is 34.8 Å². The minimum atomic E-state index is -0.857. The Bertz CT molecular complexity index is 1940. The molecule has 0 aliphatic carbocycles. The van der Waals surface area contributed by atoms with E-state index in [1.165, 1.54) is 37.0 Å². The molecular formula is C33H31N3O7S. The Hall–Kier alpha value is -5.03. The molecule has 0 saturated carbocycles. The topological polar surface area (TPSA) is 122 Å². The van der Waals surface area contributed by atoms with Crippen LogP contribution in [0.4, 0.5) is 5.69 Å². The summed E-state index contributed by atoms with van der Waals surface area (Å²) in [6.07, 6.45) is 1.44. The van der Waals surface area contributed by atoms with E-state index >= 15 is 0 Å². The average molecular weight is 614 g/mol. The lowest BCUT2D eigenvalue weighted by molar-refractivity contribution is -0.385. The predicted octanol–water partition coefficient (Wildman–Crippen LogP) is 4.98. The summed E-state index contributed by atoms with van der Waals surface area (Å²) in [5.74, 6) is 0.159. The Morgan fingerprint density at radius 2 is 1.73 bits per heavy atom. The number of benzene rings is 3. The number of nitro benzene ring substituents is 1. The van der Waals surface area contributed by atoms with Crippen LogP contribution in [0.2, 0.25) is 0 Å². The number of hydrogen-bond acceptors (Lipinski definition) is 9. The molecule has 0 fully saturated rings. The number of methoxy groups -OCH3 is 2. The highest BCUT2D eigenvalue weighted by Gasteiger charge is 2.35.